The van der Waals surface area contributed by atoms with Crippen molar-refractivity contribution in [2.24, 2.45) is 11.5 Å². The van der Waals surface area contributed by atoms with Gasteiger partial charge in [0.15, 0.2) is 6.04 Å². The van der Waals surface area contributed by atoms with Crippen LogP contribution in [0.1, 0.15) is 37.3 Å². The molecule has 5 atom stereocenters. The second kappa shape index (κ2) is 15.7. The average Bonchev–Trinajstić information content (AvgIpc) is 3.37. The van der Waals surface area contributed by atoms with E-state index in [2.05, 4.69) is 20.9 Å². The molecule has 3 rings (SSSR count). The van der Waals surface area contributed by atoms with Crippen molar-refractivity contribution in [3.63, 3.8) is 0 Å². The number of fused-ring (bicyclic) bond motifs is 1. The van der Waals surface area contributed by atoms with E-state index in [9.17, 15) is 29.4 Å². The predicted octanol–water partition coefficient (Wildman–Crippen LogP) is 0.329. The highest BCUT2D eigenvalue weighted by molar-refractivity contribution is 5.95. The zero-order valence-electron chi connectivity index (χ0n) is 23.6. The van der Waals surface area contributed by atoms with Crippen molar-refractivity contribution in [3.8, 4) is 0 Å². The molecule has 12 nitrogen and oxygen atoms in total. The van der Waals surface area contributed by atoms with Crippen molar-refractivity contribution in [1.29, 1.82) is 0 Å². The molecule has 0 radical (unpaired) electrons. The van der Waals surface area contributed by atoms with Crippen molar-refractivity contribution in [1.82, 2.24) is 20.9 Å². The van der Waals surface area contributed by atoms with Crippen molar-refractivity contribution in [2.75, 3.05) is 6.54 Å². The Kier molecular flexibility index (Phi) is 12.0. The maximum absolute atomic E-state index is 13.7. The van der Waals surface area contributed by atoms with Crippen LogP contribution < -0.4 is 27.4 Å². The highest BCUT2D eigenvalue weighted by Gasteiger charge is 2.32. The van der Waals surface area contributed by atoms with Crippen LogP contribution in [0.3, 0.4) is 0 Å². The fourth-order valence-corrected chi connectivity index (χ4v) is 4.65. The monoisotopic (exact) mass is 579 g/mol. The zero-order chi connectivity index (χ0) is 30.6. The second-order valence-electron chi connectivity index (χ2n) is 10.3. The van der Waals surface area contributed by atoms with Crippen molar-refractivity contribution < 1.29 is 29.4 Å². The highest BCUT2D eigenvalue weighted by atomic mass is 16.4. The van der Waals surface area contributed by atoms with E-state index in [4.69, 9.17) is 11.5 Å². The van der Waals surface area contributed by atoms with Gasteiger partial charge in [-0.3, -0.25) is 14.4 Å². The summed E-state index contributed by atoms with van der Waals surface area (Å²) < 4.78 is 0. The first kappa shape index (κ1) is 32.3. The fraction of sp³-hybridized carbons (Fsp3) is 0.400. The van der Waals surface area contributed by atoms with Crippen LogP contribution in [0.2, 0.25) is 0 Å². The molecule has 0 spiro atoms. The quantitative estimate of drug-likeness (QED) is 0.110. The Morgan fingerprint density at radius 2 is 1.50 bits per heavy atom. The van der Waals surface area contributed by atoms with Gasteiger partial charge in [0.1, 0.15) is 12.1 Å². The van der Waals surface area contributed by atoms with E-state index in [0.29, 0.717) is 19.4 Å². The lowest BCUT2D eigenvalue weighted by Crippen LogP contribution is -2.58. The number of hydrogen-bond donors (Lipinski definition) is 8. The molecule has 0 aliphatic heterocycles. The van der Waals surface area contributed by atoms with E-state index in [1.165, 1.54) is 6.92 Å². The normalized spacial score (nSPS) is 14.8. The molecule has 0 unspecified atom stereocenters. The van der Waals surface area contributed by atoms with Crippen LogP contribution in [0.4, 0.5) is 0 Å². The van der Waals surface area contributed by atoms with Crippen molar-refractivity contribution in [2.45, 2.75) is 69.3 Å². The number of aliphatic hydroxyl groups excluding tert-OH is 1. The Labute approximate surface area is 244 Å². The lowest BCUT2D eigenvalue weighted by atomic mass is 9.73. The third kappa shape index (κ3) is 9.13. The third-order valence-corrected chi connectivity index (χ3v) is 6.99. The van der Waals surface area contributed by atoms with Gasteiger partial charge in [-0.05, 0) is 56.3 Å². The number of unbranched alkanes of at least 4 members (excludes halogenated alkanes) is 1. The average molecular weight is 580 g/mol. The van der Waals surface area contributed by atoms with Gasteiger partial charge in [-0.25, -0.2) is 4.79 Å². The van der Waals surface area contributed by atoms with Gasteiger partial charge in [-0.15, -0.1) is 0 Å². The number of H-pyrrole nitrogens is 1. The van der Waals surface area contributed by atoms with E-state index in [1.807, 2.05) is 54.6 Å². The number of amides is 3. The number of hydrogen-bond acceptors (Lipinski definition) is 7. The first-order chi connectivity index (χ1) is 20.1. The number of nitrogens with two attached hydrogens (primary N) is 2. The molecule has 0 saturated carbocycles. The van der Waals surface area contributed by atoms with Gasteiger partial charge in [-0.2, -0.15) is 0 Å². The SMILES string of the molecule is C[C@@H](O)[C@H](NC(=O)[C@H](CCCCN)NC(=O)[C@@H](Cc1c[nH]c2ccccc12)NC(=O)[C@H](N)[11CH2]c1ccccc1)C(=O)O. The van der Waals surface area contributed by atoms with Crippen LogP contribution in [0.5, 0.6) is 0 Å². The number of aliphatic hydroxyl groups is 1. The molecule has 1 aromatic heterocycles. The van der Waals surface area contributed by atoms with Crippen LogP contribution in [0.15, 0.2) is 60.8 Å². The van der Waals surface area contributed by atoms with Gasteiger partial charge < -0.3 is 42.6 Å². The number of carbonyl (C=O) groups is 4. The van der Waals surface area contributed by atoms with Crippen LogP contribution in [-0.2, 0) is 32.0 Å². The summed E-state index contributed by atoms with van der Waals surface area (Å²) in [6.07, 6.45) is 1.96. The number of aromatic amines is 1. The number of nitrogens with one attached hydrogen (secondary N) is 4. The molecule has 0 bridgehead atoms. The van der Waals surface area contributed by atoms with E-state index >= 15 is 0 Å². The van der Waals surface area contributed by atoms with E-state index in [1.54, 1.807) is 6.20 Å². The summed E-state index contributed by atoms with van der Waals surface area (Å²) >= 11 is 0. The summed E-state index contributed by atoms with van der Waals surface area (Å²) in [5.74, 6) is -3.37. The predicted molar refractivity (Wildman–Crippen MR) is 158 cm³/mol. The molecule has 12 heteroatoms. The van der Waals surface area contributed by atoms with Gasteiger partial charge in [0.05, 0.1) is 12.1 Å². The molecule has 0 saturated heterocycles. The topological polar surface area (TPSA) is 213 Å². The summed E-state index contributed by atoms with van der Waals surface area (Å²) in [5, 5.41) is 27.8. The maximum atomic E-state index is 13.7. The summed E-state index contributed by atoms with van der Waals surface area (Å²) in [5.41, 5.74) is 14.3. The number of carbonyl (C=O) groups excluding carboxylic acids is 3. The van der Waals surface area contributed by atoms with Crippen LogP contribution in [0.25, 0.3) is 10.9 Å². The molecule has 1 heterocycles. The zero-order valence-corrected chi connectivity index (χ0v) is 23.6. The molecular weight excluding hydrogens is 539 g/mol. The minimum atomic E-state index is -1.57. The first-order valence-corrected chi connectivity index (χ1v) is 14.0. The Morgan fingerprint density at radius 3 is 2.17 bits per heavy atom. The molecule has 0 aliphatic carbocycles. The van der Waals surface area contributed by atoms with Crippen LogP contribution in [-0.4, -0.2) is 75.7 Å². The highest BCUT2D eigenvalue weighted by Crippen LogP contribution is 2.19. The molecule has 3 amide bonds. The summed E-state index contributed by atoms with van der Waals surface area (Å²) in [6, 6.07) is 12.0. The van der Waals surface area contributed by atoms with Gasteiger partial charge >= 0.3 is 5.97 Å². The molecule has 0 fully saturated rings. The minimum Gasteiger partial charge on any atom is -0.480 e. The summed E-state index contributed by atoms with van der Waals surface area (Å²) in [4.78, 5) is 54.6. The number of carboxylic acid groups (broad SMARTS) is 1. The van der Waals surface area contributed by atoms with Crippen LogP contribution in [0, 0.1) is 0 Å². The molecule has 2 aromatic carbocycles. The lowest BCUT2D eigenvalue weighted by Gasteiger charge is -2.26. The Bertz CT molecular complexity index is 1340. The Hall–Kier alpha value is -4.26. The van der Waals surface area contributed by atoms with E-state index < -0.39 is 54.0 Å². The maximum Gasteiger partial charge on any atom is 0.328 e. The molecule has 226 valence electrons. The van der Waals surface area contributed by atoms with Gasteiger partial charge in [0, 0.05) is 23.5 Å². The van der Waals surface area contributed by atoms with Gasteiger partial charge in [0.25, 0.3) is 0 Å². The molecule has 0 aliphatic rings. The Balaban J connectivity index is 1.83. The van der Waals surface area contributed by atoms with Crippen LogP contribution >= 0.6 is 0 Å². The molecule has 10 N–H and O–H groups in total. The number of aromatic nitrogens is 1. The molecule has 3 aromatic rings. The fourth-order valence-electron chi connectivity index (χ4n) is 4.65. The van der Waals surface area contributed by atoms with Gasteiger partial charge in [-0.1, -0.05) is 48.5 Å². The number of rotatable bonds is 16. The first-order valence-electron chi connectivity index (χ1n) is 14.0. The summed E-state index contributed by atoms with van der Waals surface area (Å²) in [6.45, 7) is 1.61. The lowest BCUT2D eigenvalue weighted by molar-refractivity contribution is -0.145. The second-order valence-corrected chi connectivity index (χ2v) is 10.3. The number of para-hydroxylation sites is 1. The van der Waals surface area contributed by atoms with E-state index in [-0.39, 0.29) is 19.3 Å². The molecule has 42 heavy (non-hydrogen) atoms. The smallest absolute Gasteiger partial charge is 0.328 e. The number of benzene rings is 2. The molecular formula is C30H40N6O6. The van der Waals surface area contributed by atoms with Crippen molar-refractivity contribution in [3.05, 3.63) is 71.9 Å². The van der Waals surface area contributed by atoms with E-state index in [0.717, 1.165) is 22.0 Å². The Morgan fingerprint density at radius 1 is 0.857 bits per heavy atom. The van der Waals surface area contributed by atoms with Crippen molar-refractivity contribution >= 4 is 34.6 Å². The summed E-state index contributed by atoms with van der Waals surface area (Å²) in [7, 11) is 0. The number of carboxylic acids is 1. The minimum absolute atomic E-state index is 0.0994. The number of aliphatic carboxylic acids is 1. The third-order valence-electron chi connectivity index (χ3n) is 6.99. The van der Waals surface area contributed by atoms with Gasteiger partial charge in [0.2, 0.25) is 17.7 Å². The standard InChI is InChI=1S/C30H40N6O6/c1-18(37)26(30(41)42)36-28(39)24(13-7-8-14-31)34-29(40)25(16-20-17-33-23-12-6-5-11-21(20)23)35-27(38)22(32)15-19-9-3-2-4-10-19/h2-6,9-12,17-18,22,24-26,33,37H,7-8,13-16,31-32H2,1H3,(H,34,40)(H,35,38)(H,36,39)(H,41,42)/t18-,22-,24+,25-,26+/m1/s1/i15-1. The largest absolute Gasteiger partial charge is 0.480 e.